The van der Waals surface area contributed by atoms with Crippen LogP contribution in [0.15, 0.2) is 24.3 Å². The second-order valence-electron chi connectivity index (χ2n) is 2.70. The molecule has 0 saturated heterocycles. The number of hydrogen-bond donors (Lipinski definition) is 1. The maximum Gasteiger partial charge on any atom is 0.0266 e. The number of benzene rings is 1. The molecule has 1 aromatic carbocycles. The van der Waals surface area contributed by atoms with E-state index in [1.165, 1.54) is 11.1 Å². The van der Waals surface area contributed by atoms with Gasteiger partial charge in [0.2, 0.25) is 0 Å². The Morgan fingerprint density at radius 1 is 1.18 bits per heavy atom. The number of nitrogens with two attached hydrogens (primary N) is 1. The molecule has 0 saturated carbocycles. The molecule has 1 aromatic rings. The van der Waals surface area contributed by atoms with Crippen molar-refractivity contribution in [1.29, 1.82) is 0 Å². The predicted octanol–water partition coefficient (Wildman–Crippen LogP) is 2.59. The van der Waals surface area contributed by atoms with Crippen molar-refractivity contribution in [2.24, 2.45) is 5.73 Å². The maximum atomic E-state index is 5.66. The Labute approximate surface area is 78.4 Å². The van der Waals surface area contributed by atoms with Gasteiger partial charge in [-0.1, -0.05) is 29.8 Å². The molecule has 0 radical (unpaired) electrons. The van der Waals surface area contributed by atoms with Gasteiger partial charge in [0.15, 0.2) is 0 Å². The van der Waals surface area contributed by atoms with Crippen LogP contribution in [0.5, 0.6) is 0 Å². The van der Waals surface area contributed by atoms with Crippen LogP contribution in [0.1, 0.15) is 24.1 Å². The van der Waals surface area contributed by atoms with E-state index in [2.05, 4.69) is 31.2 Å². The van der Waals surface area contributed by atoms with Crippen molar-refractivity contribution in [2.75, 3.05) is 0 Å². The van der Waals surface area contributed by atoms with Crippen molar-refractivity contribution in [2.45, 2.75) is 19.9 Å². The second kappa shape index (κ2) is 4.52. The first-order valence-electron chi connectivity index (χ1n) is 3.52. The highest BCUT2D eigenvalue weighted by Crippen LogP contribution is 2.09. The molecule has 1 nitrogen and oxygen atoms in total. The lowest BCUT2D eigenvalue weighted by molar-refractivity contribution is 0.818. The fraction of sp³-hybridized carbons (Fsp3) is 0.333. The molecule has 1 atom stereocenters. The average molecular weight is 216 g/mol. The molecule has 0 spiro atoms. The minimum atomic E-state index is 0. The van der Waals surface area contributed by atoms with E-state index in [9.17, 15) is 0 Å². The monoisotopic (exact) mass is 215 g/mol. The van der Waals surface area contributed by atoms with Crippen LogP contribution < -0.4 is 5.73 Å². The molecule has 0 fully saturated rings. The van der Waals surface area contributed by atoms with Gasteiger partial charge in [-0.25, -0.2) is 0 Å². The summed E-state index contributed by atoms with van der Waals surface area (Å²) in [5.74, 6) is 0. The minimum absolute atomic E-state index is 0. The van der Waals surface area contributed by atoms with E-state index in [0.717, 1.165) is 0 Å². The zero-order chi connectivity index (χ0) is 7.56. The van der Waals surface area contributed by atoms with Gasteiger partial charge in [0.1, 0.15) is 0 Å². The van der Waals surface area contributed by atoms with Crippen molar-refractivity contribution < 1.29 is 0 Å². The Kier molecular flexibility index (Phi) is 4.38. The largest absolute Gasteiger partial charge is 0.324 e. The second-order valence-corrected chi connectivity index (χ2v) is 2.70. The van der Waals surface area contributed by atoms with Crippen LogP contribution >= 0.6 is 17.0 Å². The number of rotatable bonds is 1. The van der Waals surface area contributed by atoms with Gasteiger partial charge >= 0.3 is 0 Å². The zero-order valence-electron chi connectivity index (χ0n) is 6.87. The Bertz CT molecular complexity index is 203. The van der Waals surface area contributed by atoms with Crippen molar-refractivity contribution in [3.05, 3.63) is 35.4 Å². The standard InChI is InChI=1S/C9H13N.BrH/c1-7-3-5-9(6-4-7)8(2)10;/h3-6,8H,10H2,1-2H3;1H. The predicted molar refractivity (Wildman–Crippen MR) is 54.1 cm³/mol. The van der Waals surface area contributed by atoms with Crippen LogP contribution in [0.25, 0.3) is 0 Å². The molecule has 62 valence electrons. The van der Waals surface area contributed by atoms with E-state index in [-0.39, 0.29) is 23.0 Å². The van der Waals surface area contributed by atoms with Gasteiger partial charge in [-0.05, 0) is 19.4 Å². The van der Waals surface area contributed by atoms with E-state index in [4.69, 9.17) is 5.73 Å². The molecular formula is C9H14BrN. The van der Waals surface area contributed by atoms with Gasteiger partial charge in [0.25, 0.3) is 0 Å². The summed E-state index contributed by atoms with van der Waals surface area (Å²) in [4.78, 5) is 0. The molecule has 0 aliphatic rings. The number of aryl methyl sites for hydroxylation is 1. The van der Waals surface area contributed by atoms with Crippen LogP contribution in [-0.4, -0.2) is 0 Å². The van der Waals surface area contributed by atoms with Gasteiger partial charge in [-0.15, -0.1) is 17.0 Å². The van der Waals surface area contributed by atoms with Crippen molar-refractivity contribution in [1.82, 2.24) is 0 Å². The third-order valence-electron chi connectivity index (χ3n) is 1.60. The smallest absolute Gasteiger partial charge is 0.0266 e. The Balaban J connectivity index is 0.000001000. The lowest BCUT2D eigenvalue weighted by Crippen LogP contribution is -2.04. The summed E-state index contributed by atoms with van der Waals surface area (Å²) in [5.41, 5.74) is 8.15. The van der Waals surface area contributed by atoms with E-state index in [1.54, 1.807) is 0 Å². The van der Waals surface area contributed by atoms with E-state index in [1.807, 2.05) is 6.92 Å². The van der Waals surface area contributed by atoms with Crippen LogP contribution in [0, 0.1) is 6.92 Å². The Morgan fingerprint density at radius 3 is 2.00 bits per heavy atom. The summed E-state index contributed by atoms with van der Waals surface area (Å²) < 4.78 is 0. The average Bonchev–Trinajstić information content (AvgIpc) is 1.88. The molecule has 11 heavy (non-hydrogen) atoms. The van der Waals surface area contributed by atoms with Crippen LogP contribution in [0.2, 0.25) is 0 Å². The third-order valence-corrected chi connectivity index (χ3v) is 1.60. The molecule has 0 amide bonds. The van der Waals surface area contributed by atoms with Crippen molar-refractivity contribution in [3.8, 4) is 0 Å². The molecule has 0 aromatic heterocycles. The van der Waals surface area contributed by atoms with Gasteiger partial charge in [0, 0.05) is 6.04 Å². The molecule has 1 rings (SSSR count). The number of halogens is 1. The molecule has 2 N–H and O–H groups in total. The highest BCUT2D eigenvalue weighted by Gasteiger charge is 1.95. The van der Waals surface area contributed by atoms with Gasteiger partial charge in [-0.3, -0.25) is 0 Å². The fourth-order valence-electron chi connectivity index (χ4n) is 0.870. The molecule has 0 aliphatic heterocycles. The molecule has 2 heteroatoms. The van der Waals surface area contributed by atoms with E-state index < -0.39 is 0 Å². The lowest BCUT2D eigenvalue weighted by Gasteiger charge is -2.03. The minimum Gasteiger partial charge on any atom is -0.324 e. The number of hydrogen-bond acceptors (Lipinski definition) is 1. The van der Waals surface area contributed by atoms with Crippen molar-refractivity contribution in [3.63, 3.8) is 0 Å². The summed E-state index contributed by atoms with van der Waals surface area (Å²) in [6.45, 7) is 4.07. The SMILES string of the molecule is Br.Cc1ccc(C(C)N)cc1. The first-order valence-corrected chi connectivity index (χ1v) is 3.52. The molecule has 1 unspecified atom stereocenters. The van der Waals surface area contributed by atoms with Crippen LogP contribution in [0.3, 0.4) is 0 Å². The Hall–Kier alpha value is -0.340. The summed E-state index contributed by atoms with van der Waals surface area (Å²) in [7, 11) is 0. The summed E-state index contributed by atoms with van der Waals surface area (Å²) in [6.07, 6.45) is 0. The molecule has 0 heterocycles. The molecule has 0 bridgehead atoms. The topological polar surface area (TPSA) is 26.0 Å². The fourth-order valence-corrected chi connectivity index (χ4v) is 0.870. The van der Waals surface area contributed by atoms with Crippen LogP contribution in [-0.2, 0) is 0 Å². The third kappa shape index (κ3) is 3.04. The van der Waals surface area contributed by atoms with Gasteiger partial charge in [0.05, 0.1) is 0 Å². The summed E-state index contributed by atoms with van der Waals surface area (Å²) in [6, 6.07) is 8.46. The Morgan fingerprint density at radius 2 is 1.64 bits per heavy atom. The summed E-state index contributed by atoms with van der Waals surface area (Å²) >= 11 is 0. The quantitative estimate of drug-likeness (QED) is 0.767. The van der Waals surface area contributed by atoms with E-state index in [0.29, 0.717) is 0 Å². The highest BCUT2D eigenvalue weighted by molar-refractivity contribution is 8.93. The normalized spacial score (nSPS) is 11.9. The zero-order valence-corrected chi connectivity index (χ0v) is 8.59. The van der Waals surface area contributed by atoms with Gasteiger partial charge < -0.3 is 5.73 Å². The maximum absolute atomic E-state index is 5.66. The van der Waals surface area contributed by atoms with Crippen molar-refractivity contribution >= 4 is 17.0 Å². The highest BCUT2D eigenvalue weighted by atomic mass is 79.9. The van der Waals surface area contributed by atoms with E-state index >= 15 is 0 Å². The lowest BCUT2D eigenvalue weighted by atomic mass is 10.1. The first-order chi connectivity index (χ1) is 4.70. The molecular weight excluding hydrogens is 202 g/mol. The summed E-state index contributed by atoms with van der Waals surface area (Å²) in [5, 5.41) is 0. The molecule has 0 aliphatic carbocycles. The van der Waals surface area contributed by atoms with Crippen LogP contribution in [0.4, 0.5) is 0 Å². The first kappa shape index (κ1) is 10.7. The van der Waals surface area contributed by atoms with Gasteiger partial charge in [-0.2, -0.15) is 0 Å².